The van der Waals surface area contributed by atoms with E-state index in [4.69, 9.17) is 9.47 Å². The Morgan fingerprint density at radius 2 is 1.46 bits per heavy atom. The van der Waals surface area contributed by atoms with Crippen LogP contribution in [0.4, 0.5) is 0 Å². The molecule has 1 fully saturated rings. The Hall–Kier alpha value is -0.460. The van der Waals surface area contributed by atoms with Crippen molar-refractivity contribution in [2.45, 2.75) is 115 Å². The van der Waals surface area contributed by atoms with E-state index in [0.717, 1.165) is 19.3 Å². The van der Waals surface area contributed by atoms with Gasteiger partial charge in [0.05, 0.1) is 13.2 Å². The molecule has 1 saturated heterocycles. The summed E-state index contributed by atoms with van der Waals surface area (Å²) in [7, 11) is 0. The van der Waals surface area contributed by atoms with Crippen molar-refractivity contribution in [1.82, 2.24) is 0 Å². The highest BCUT2D eigenvalue weighted by Crippen LogP contribution is 2.19. The lowest BCUT2D eigenvalue weighted by atomic mass is 10.1. The minimum atomic E-state index is -0.988. The first-order chi connectivity index (χ1) is 13.7. The van der Waals surface area contributed by atoms with Gasteiger partial charge in [0.2, 0.25) is 0 Å². The van der Waals surface area contributed by atoms with Crippen LogP contribution in [-0.2, 0) is 9.47 Å². The van der Waals surface area contributed by atoms with Crippen LogP contribution < -0.4 is 0 Å². The Kier molecular flexibility index (Phi) is 15.9. The van der Waals surface area contributed by atoms with Gasteiger partial charge in [-0.25, -0.2) is 0 Å². The summed E-state index contributed by atoms with van der Waals surface area (Å²) in [6, 6.07) is 0. The first-order valence-corrected chi connectivity index (χ1v) is 11.6. The van der Waals surface area contributed by atoms with Gasteiger partial charge in [0.25, 0.3) is 0 Å². The second-order valence-electron chi connectivity index (χ2n) is 8.03. The van der Waals surface area contributed by atoms with E-state index in [1.165, 1.54) is 64.2 Å². The van der Waals surface area contributed by atoms with Crippen LogP contribution >= 0.6 is 0 Å². The van der Waals surface area contributed by atoms with Gasteiger partial charge in [-0.05, 0) is 25.7 Å². The summed E-state index contributed by atoms with van der Waals surface area (Å²) < 4.78 is 10.9. The van der Waals surface area contributed by atoms with E-state index >= 15 is 0 Å². The number of ether oxygens (including phenoxy) is 2. The molecule has 0 aromatic heterocycles. The zero-order valence-electron chi connectivity index (χ0n) is 17.9. The van der Waals surface area contributed by atoms with Gasteiger partial charge in [-0.3, -0.25) is 0 Å². The monoisotopic (exact) mass is 400 g/mol. The molecule has 166 valence electrons. The number of hydrogen-bond donors (Lipinski definition) is 3. The Bertz CT molecular complexity index is 374. The molecule has 28 heavy (non-hydrogen) atoms. The summed E-state index contributed by atoms with van der Waals surface area (Å²) in [6.07, 6.45) is 18.0. The second kappa shape index (κ2) is 17.4. The molecule has 0 radical (unpaired) electrons. The maximum atomic E-state index is 9.82. The van der Waals surface area contributed by atoms with E-state index in [2.05, 4.69) is 19.1 Å². The van der Waals surface area contributed by atoms with Gasteiger partial charge in [0.1, 0.15) is 24.4 Å². The average molecular weight is 401 g/mol. The number of rotatable bonds is 18. The summed E-state index contributed by atoms with van der Waals surface area (Å²) in [5, 5.41) is 28.7. The quantitative estimate of drug-likeness (QED) is 0.238. The maximum absolute atomic E-state index is 9.82. The molecule has 0 aromatic carbocycles. The van der Waals surface area contributed by atoms with Gasteiger partial charge in [-0.15, -0.1) is 0 Å². The van der Waals surface area contributed by atoms with Gasteiger partial charge in [-0.2, -0.15) is 0 Å². The highest BCUT2D eigenvalue weighted by Gasteiger charge is 2.40. The van der Waals surface area contributed by atoms with E-state index in [9.17, 15) is 15.3 Å². The van der Waals surface area contributed by atoms with Crippen LogP contribution in [0.25, 0.3) is 0 Å². The highest BCUT2D eigenvalue weighted by molar-refractivity contribution is 4.88. The van der Waals surface area contributed by atoms with E-state index in [1.54, 1.807) is 0 Å². The predicted molar refractivity (Wildman–Crippen MR) is 113 cm³/mol. The third-order valence-corrected chi connectivity index (χ3v) is 5.47. The van der Waals surface area contributed by atoms with E-state index in [-0.39, 0.29) is 13.2 Å². The zero-order valence-corrected chi connectivity index (χ0v) is 17.9. The van der Waals surface area contributed by atoms with Crippen LogP contribution in [0, 0.1) is 0 Å². The molecule has 0 saturated carbocycles. The van der Waals surface area contributed by atoms with Crippen LogP contribution in [0.2, 0.25) is 0 Å². The summed E-state index contributed by atoms with van der Waals surface area (Å²) in [5.74, 6) is 0. The first kappa shape index (κ1) is 25.6. The fraction of sp³-hybridized carbons (Fsp3) is 0.913. The van der Waals surface area contributed by atoms with Gasteiger partial charge < -0.3 is 24.8 Å². The Labute approximate surface area is 172 Å². The molecule has 3 N–H and O–H groups in total. The molecule has 1 aliphatic heterocycles. The number of aliphatic hydroxyl groups is 3. The largest absolute Gasteiger partial charge is 0.394 e. The SMILES string of the molecule is CCCCCCCCCCCC/C=C/CCCO[C@H](CO)[C@H]1OC[C@H](O)[C@H]1O. The molecule has 0 aromatic rings. The topological polar surface area (TPSA) is 79.2 Å². The van der Waals surface area contributed by atoms with Crippen LogP contribution in [0.15, 0.2) is 12.2 Å². The Morgan fingerprint density at radius 1 is 0.893 bits per heavy atom. The normalized spacial score (nSPS) is 23.6. The van der Waals surface area contributed by atoms with Crippen molar-refractivity contribution in [2.75, 3.05) is 19.8 Å². The minimum absolute atomic E-state index is 0.0907. The lowest BCUT2D eigenvalue weighted by Crippen LogP contribution is -2.42. The summed E-state index contributed by atoms with van der Waals surface area (Å²) in [5.41, 5.74) is 0. The van der Waals surface area contributed by atoms with E-state index in [1.807, 2.05) is 0 Å². The Balaban J connectivity index is 1.89. The van der Waals surface area contributed by atoms with Crippen molar-refractivity contribution < 1.29 is 24.8 Å². The van der Waals surface area contributed by atoms with Crippen molar-refractivity contribution in [3.63, 3.8) is 0 Å². The standard InChI is InChI=1S/C23H44O5/c1-2-3-4-5-6-7-8-9-10-11-12-13-14-15-16-17-27-21(18-24)23-22(26)20(25)19-28-23/h13-14,20-26H,2-12,15-19H2,1H3/b14-13+/t20-,21+,22+,23+/m0/s1. The van der Waals surface area contributed by atoms with Gasteiger partial charge >= 0.3 is 0 Å². The molecule has 0 unspecified atom stereocenters. The molecule has 1 aliphatic rings. The molecule has 5 heteroatoms. The number of aliphatic hydroxyl groups excluding tert-OH is 3. The number of hydrogen-bond acceptors (Lipinski definition) is 5. The fourth-order valence-electron chi connectivity index (χ4n) is 3.63. The van der Waals surface area contributed by atoms with Gasteiger partial charge in [-0.1, -0.05) is 76.9 Å². The fourth-order valence-corrected chi connectivity index (χ4v) is 3.63. The molecule has 0 bridgehead atoms. The Morgan fingerprint density at radius 3 is 2.00 bits per heavy atom. The molecule has 5 nitrogen and oxygen atoms in total. The molecular formula is C23H44O5. The van der Waals surface area contributed by atoms with Crippen molar-refractivity contribution in [3.05, 3.63) is 12.2 Å². The highest BCUT2D eigenvalue weighted by atomic mass is 16.6. The molecule has 0 aliphatic carbocycles. The lowest BCUT2D eigenvalue weighted by molar-refractivity contribution is -0.101. The van der Waals surface area contributed by atoms with E-state index in [0.29, 0.717) is 6.61 Å². The molecular weight excluding hydrogens is 356 g/mol. The van der Waals surface area contributed by atoms with E-state index < -0.39 is 24.4 Å². The molecule has 1 rings (SSSR count). The second-order valence-corrected chi connectivity index (χ2v) is 8.03. The lowest BCUT2D eigenvalue weighted by Gasteiger charge is -2.24. The van der Waals surface area contributed by atoms with Crippen molar-refractivity contribution in [2.24, 2.45) is 0 Å². The number of unbranched alkanes of at least 4 members (excludes halogenated alkanes) is 11. The minimum Gasteiger partial charge on any atom is -0.394 e. The van der Waals surface area contributed by atoms with Crippen LogP contribution in [-0.4, -0.2) is 59.6 Å². The predicted octanol–water partition coefficient (Wildman–Crippen LogP) is 4.13. The van der Waals surface area contributed by atoms with Crippen LogP contribution in [0.1, 0.15) is 90.4 Å². The molecule has 0 amide bonds. The van der Waals surface area contributed by atoms with Crippen LogP contribution in [0.3, 0.4) is 0 Å². The van der Waals surface area contributed by atoms with Crippen LogP contribution in [0.5, 0.6) is 0 Å². The third kappa shape index (κ3) is 11.5. The molecule has 0 spiro atoms. The van der Waals surface area contributed by atoms with Gasteiger partial charge in [0.15, 0.2) is 0 Å². The third-order valence-electron chi connectivity index (χ3n) is 5.47. The van der Waals surface area contributed by atoms with Crippen molar-refractivity contribution in [3.8, 4) is 0 Å². The smallest absolute Gasteiger partial charge is 0.114 e. The van der Waals surface area contributed by atoms with Crippen molar-refractivity contribution in [1.29, 1.82) is 0 Å². The maximum Gasteiger partial charge on any atom is 0.114 e. The summed E-state index contributed by atoms with van der Waals surface area (Å²) in [4.78, 5) is 0. The average Bonchev–Trinajstić information content (AvgIpc) is 3.03. The number of allylic oxidation sites excluding steroid dienone is 2. The zero-order chi connectivity index (χ0) is 20.5. The molecule has 1 heterocycles. The van der Waals surface area contributed by atoms with Gasteiger partial charge in [0, 0.05) is 6.61 Å². The van der Waals surface area contributed by atoms with Crippen molar-refractivity contribution >= 4 is 0 Å². The summed E-state index contributed by atoms with van der Waals surface area (Å²) in [6.45, 7) is 2.65. The summed E-state index contributed by atoms with van der Waals surface area (Å²) >= 11 is 0. The first-order valence-electron chi connectivity index (χ1n) is 11.6. The molecule has 4 atom stereocenters.